The van der Waals surface area contributed by atoms with Crippen LogP contribution >= 0.6 is 0 Å². The van der Waals surface area contributed by atoms with Gasteiger partial charge in [0.25, 0.3) is 5.91 Å². The molecule has 7 nitrogen and oxygen atoms in total. The zero-order valence-electron chi connectivity index (χ0n) is 14.8. The van der Waals surface area contributed by atoms with Gasteiger partial charge in [0.05, 0.1) is 6.42 Å². The van der Waals surface area contributed by atoms with Gasteiger partial charge < -0.3 is 14.6 Å². The number of hydrogen-bond donors (Lipinski definition) is 1. The first-order valence-corrected chi connectivity index (χ1v) is 8.45. The van der Waals surface area contributed by atoms with Crippen LogP contribution < -0.4 is 5.32 Å². The summed E-state index contributed by atoms with van der Waals surface area (Å²) in [6.07, 6.45) is 1.08. The topological polar surface area (TPSA) is 94.3 Å². The number of ether oxygens (including phenoxy) is 1. The van der Waals surface area contributed by atoms with Crippen molar-refractivity contribution in [1.29, 1.82) is 0 Å². The molecule has 0 saturated heterocycles. The SMILES string of the molecule is CC(C)CCNC(=O)COC(=O)CCc1nc(-c2ccc(F)cc2)no1. The number of rotatable bonds is 9. The highest BCUT2D eigenvalue weighted by molar-refractivity contribution is 5.80. The maximum atomic E-state index is 12.9. The van der Waals surface area contributed by atoms with E-state index in [4.69, 9.17) is 9.26 Å². The Kier molecular flexibility index (Phi) is 7.25. The van der Waals surface area contributed by atoms with Gasteiger partial charge in [0, 0.05) is 18.5 Å². The van der Waals surface area contributed by atoms with Crippen molar-refractivity contribution in [1.82, 2.24) is 15.5 Å². The van der Waals surface area contributed by atoms with Crippen molar-refractivity contribution >= 4 is 11.9 Å². The molecule has 140 valence electrons. The summed E-state index contributed by atoms with van der Waals surface area (Å²) in [5.74, 6) is -0.123. The number of amides is 1. The Morgan fingerprint density at radius 3 is 2.69 bits per heavy atom. The number of aryl methyl sites for hydroxylation is 1. The van der Waals surface area contributed by atoms with Crippen LogP contribution in [0.5, 0.6) is 0 Å². The molecule has 26 heavy (non-hydrogen) atoms. The maximum Gasteiger partial charge on any atom is 0.306 e. The van der Waals surface area contributed by atoms with Crippen LogP contribution in [-0.4, -0.2) is 35.2 Å². The van der Waals surface area contributed by atoms with Gasteiger partial charge in [-0.15, -0.1) is 0 Å². The summed E-state index contributed by atoms with van der Waals surface area (Å²) in [4.78, 5) is 27.4. The number of nitrogens with zero attached hydrogens (tertiary/aromatic N) is 2. The van der Waals surface area contributed by atoms with E-state index in [2.05, 4.69) is 29.3 Å². The van der Waals surface area contributed by atoms with Gasteiger partial charge in [0.1, 0.15) is 5.82 Å². The molecule has 2 rings (SSSR count). The summed E-state index contributed by atoms with van der Waals surface area (Å²) in [6.45, 7) is 4.38. The van der Waals surface area contributed by atoms with E-state index in [9.17, 15) is 14.0 Å². The molecule has 0 atom stereocenters. The molecule has 0 saturated carbocycles. The Labute approximate surface area is 150 Å². The molecule has 0 aliphatic rings. The highest BCUT2D eigenvalue weighted by Crippen LogP contribution is 2.16. The summed E-state index contributed by atoms with van der Waals surface area (Å²) in [7, 11) is 0. The van der Waals surface area contributed by atoms with Gasteiger partial charge in [-0.1, -0.05) is 19.0 Å². The fraction of sp³-hybridized carbons (Fsp3) is 0.444. The van der Waals surface area contributed by atoms with Crippen LogP contribution in [0.1, 0.15) is 32.6 Å². The molecule has 1 heterocycles. The second-order valence-electron chi connectivity index (χ2n) is 6.21. The van der Waals surface area contributed by atoms with Crippen molar-refractivity contribution < 1.29 is 23.2 Å². The van der Waals surface area contributed by atoms with Gasteiger partial charge in [0.2, 0.25) is 11.7 Å². The van der Waals surface area contributed by atoms with E-state index in [1.54, 1.807) is 0 Å². The average Bonchev–Trinajstić information content (AvgIpc) is 3.07. The van der Waals surface area contributed by atoms with Crippen molar-refractivity contribution in [2.24, 2.45) is 5.92 Å². The van der Waals surface area contributed by atoms with E-state index < -0.39 is 5.97 Å². The summed E-state index contributed by atoms with van der Waals surface area (Å²) < 4.78 is 22.9. The fourth-order valence-corrected chi connectivity index (χ4v) is 2.05. The number of nitrogens with one attached hydrogen (secondary N) is 1. The lowest BCUT2D eigenvalue weighted by atomic mass is 10.1. The van der Waals surface area contributed by atoms with Gasteiger partial charge in [-0.05, 0) is 36.6 Å². The highest BCUT2D eigenvalue weighted by Gasteiger charge is 2.12. The van der Waals surface area contributed by atoms with Crippen LogP contribution in [0.15, 0.2) is 28.8 Å². The molecule has 1 aromatic heterocycles. The zero-order valence-corrected chi connectivity index (χ0v) is 14.8. The molecule has 0 aliphatic carbocycles. The first-order valence-electron chi connectivity index (χ1n) is 8.45. The lowest BCUT2D eigenvalue weighted by Gasteiger charge is -2.07. The first-order chi connectivity index (χ1) is 12.4. The largest absolute Gasteiger partial charge is 0.456 e. The predicted molar refractivity (Wildman–Crippen MR) is 91.4 cm³/mol. The van der Waals surface area contributed by atoms with Gasteiger partial charge in [-0.2, -0.15) is 4.98 Å². The van der Waals surface area contributed by atoms with E-state index in [-0.39, 0.29) is 37.1 Å². The summed E-state index contributed by atoms with van der Waals surface area (Å²) in [5, 5.41) is 6.48. The minimum absolute atomic E-state index is 0.0182. The van der Waals surface area contributed by atoms with Gasteiger partial charge in [-0.25, -0.2) is 4.39 Å². The molecular weight excluding hydrogens is 341 g/mol. The lowest BCUT2D eigenvalue weighted by Crippen LogP contribution is -2.30. The Balaban J connectivity index is 1.71. The molecule has 2 aromatic rings. The maximum absolute atomic E-state index is 12.9. The zero-order chi connectivity index (χ0) is 18.9. The van der Waals surface area contributed by atoms with E-state index in [1.807, 2.05) is 0 Å². The fourth-order valence-electron chi connectivity index (χ4n) is 2.05. The van der Waals surface area contributed by atoms with Crippen molar-refractivity contribution in [3.63, 3.8) is 0 Å². The van der Waals surface area contributed by atoms with Crippen LogP contribution in [0.3, 0.4) is 0 Å². The molecule has 0 radical (unpaired) electrons. The first kappa shape index (κ1) is 19.6. The van der Waals surface area contributed by atoms with Crippen LogP contribution in [0.4, 0.5) is 4.39 Å². The standard InChI is InChI=1S/C18H22FN3O4/c1-12(2)9-10-20-15(23)11-25-17(24)8-7-16-21-18(22-26-16)13-3-5-14(19)6-4-13/h3-6,12H,7-11H2,1-2H3,(H,20,23). The summed E-state index contributed by atoms with van der Waals surface area (Å²) in [5.41, 5.74) is 0.613. The Hall–Kier alpha value is -2.77. The quantitative estimate of drug-likeness (QED) is 0.688. The second-order valence-corrected chi connectivity index (χ2v) is 6.21. The molecule has 1 N–H and O–H groups in total. The molecule has 1 aromatic carbocycles. The van der Waals surface area contributed by atoms with Crippen LogP contribution in [0, 0.1) is 11.7 Å². The number of esters is 1. The third-order valence-corrected chi connectivity index (χ3v) is 3.52. The predicted octanol–water partition coefficient (Wildman–Crippen LogP) is 2.51. The number of benzene rings is 1. The number of hydrogen-bond acceptors (Lipinski definition) is 6. The number of halogens is 1. The van der Waals surface area contributed by atoms with Crippen molar-refractivity contribution in [2.45, 2.75) is 33.1 Å². The minimum atomic E-state index is -0.523. The molecule has 8 heteroatoms. The molecule has 0 unspecified atom stereocenters. The van der Waals surface area contributed by atoms with Crippen LogP contribution in [0.2, 0.25) is 0 Å². The van der Waals surface area contributed by atoms with E-state index in [1.165, 1.54) is 24.3 Å². The van der Waals surface area contributed by atoms with Crippen LogP contribution in [0.25, 0.3) is 11.4 Å². The van der Waals surface area contributed by atoms with Crippen molar-refractivity contribution in [3.05, 3.63) is 36.0 Å². The number of carbonyl (C=O) groups is 2. The summed E-state index contributed by atoms with van der Waals surface area (Å²) >= 11 is 0. The monoisotopic (exact) mass is 363 g/mol. The second kappa shape index (κ2) is 9.65. The average molecular weight is 363 g/mol. The Morgan fingerprint density at radius 2 is 2.00 bits per heavy atom. The molecule has 0 bridgehead atoms. The third-order valence-electron chi connectivity index (χ3n) is 3.52. The molecular formula is C18H22FN3O4. The molecule has 1 amide bonds. The summed E-state index contributed by atoms with van der Waals surface area (Å²) in [6, 6.07) is 5.68. The normalized spacial score (nSPS) is 10.8. The van der Waals surface area contributed by atoms with E-state index in [0.29, 0.717) is 23.9 Å². The molecule has 0 aliphatic heterocycles. The number of aromatic nitrogens is 2. The van der Waals surface area contributed by atoms with Crippen molar-refractivity contribution in [2.75, 3.05) is 13.2 Å². The van der Waals surface area contributed by atoms with Crippen molar-refractivity contribution in [3.8, 4) is 11.4 Å². The van der Waals surface area contributed by atoms with E-state index in [0.717, 1.165) is 6.42 Å². The Morgan fingerprint density at radius 1 is 1.27 bits per heavy atom. The Bertz CT molecular complexity index is 728. The third kappa shape index (κ3) is 6.62. The van der Waals surface area contributed by atoms with E-state index >= 15 is 0 Å². The van der Waals surface area contributed by atoms with Gasteiger partial charge >= 0.3 is 5.97 Å². The molecule has 0 spiro atoms. The highest BCUT2D eigenvalue weighted by atomic mass is 19.1. The smallest absolute Gasteiger partial charge is 0.306 e. The van der Waals surface area contributed by atoms with Gasteiger partial charge in [-0.3, -0.25) is 9.59 Å². The lowest BCUT2D eigenvalue weighted by molar-refractivity contribution is -0.148. The molecule has 0 fully saturated rings. The minimum Gasteiger partial charge on any atom is -0.456 e. The van der Waals surface area contributed by atoms with Crippen LogP contribution in [-0.2, 0) is 20.7 Å². The number of carbonyl (C=O) groups excluding carboxylic acids is 2. The van der Waals surface area contributed by atoms with Gasteiger partial charge in [0.15, 0.2) is 6.61 Å².